The van der Waals surface area contributed by atoms with Crippen molar-refractivity contribution in [2.24, 2.45) is 4.99 Å². The molecule has 0 aromatic carbocycles. The summed E-state index contributed by atoms with van der Waals surface area (Å²) in [7, 11) is 1.82. The number of nitrogens with zero attached hydrogens (tertiary/aromatic N) is 3. The minimum absolute atomic E-state index is 0.854. The largest absolute Gasteiger partial charge is 0.333 e. The zero-order chi connectivity index (χ0) is 11.3. The van der Waals surface area contributed by atoms with E-state index in [0.717, 1.165) is 24.4 Å². The monoisotopic (exact) mass is 205 g/mol. The SMILES string of the molecule is C/C=C(/Cn1cnc(CC)c1)C(C)=NC. The third-order valence-electron chi connectivity index (χ3n) is 2.55. The predicted octanol–water partition coefficient (Wildman–Crippen LogP) is 2.48. The van der Waals surface area contributed by atoms with Crippen LogP contribution in [-0.4, -0.2) is 22.3 Å². The first-order valence-electron chi connectivity index (χ1n) is 5.30. The smallest absolute Gasteiger partial charge is 0.0952 e. The summed E-state index contributed by atoms with van der Waals surface area (Å²) < 4.78 is 2.10. The minimum Gasteiger partial charge on any atom is -0.333 e. The zero-order valence-corrected chi connectivity index (χ0v) is 9.99. The van der Waals surface area contributed by atoms with Crippen molar-refractivity contribution in [3.05, 3.63) is 29.9 Å². The van der Waals surface area contributed by atoms with Gasteiger partial charge in [0.2, 0.25) is 0 Å². The minimum atomic E-state index is 0.854. The van der Waals surface area contributed by atoms with Crippen molar-refractivity contribution in [1.82, 2.24) is 9.55 Å². The Bertz CT molecular complexity index is 372. The van der Waals surface area contributed by atoms with E-state index in [2.05, 4.69) is 33.7 Å². The van der Waals surface area contributed by atoms with Crippen molar-refractivity contribution >= 4 is 5.71 Å². The summed E-state index contributed by atoms with van der Waals surface area (Å²) in [6.07, 6.45) is 7.06. The first kappa shape index (κ1) is 11.7. The van der Waals surface area contributed by atoms with Gasteiger partial charge >= 0.3 is 0 Å². The third kappa shape index (κ3) is 3.05. The molecule has 1 heterocycles. The average Bonchev–Trinajstić information content (AvgIpc) is 2.72. The highest BCUT2D eigenvalue weighted by Crippen LogP contribution is 2.05. The second-order valence-electron chi connectivity index (χ2n) is 3.51. The lowest BCUT2D eigenvalue weighted by Crippen LogP contribution is -2.05. The Labute approximate surface area is 91.6 Å². The highest BCUT2D eigenvalue weighted by Gasteiger charge is 2.02. The average molecular weight is 205 g/mol. The fourth-order valence-electron chi connectivity index (χ4n) is 1.43. The normalized spacial score (nSPS) is 13.3. The number of allylic oxidation sites excluding steroid dienone is 2. The van der Waals surface area contributed by atoms with E-state index in [4.69, 9.17) is 0 Å². The Morgan fingerprint density at radius 3 is 2.80 bits per heavy atom. The summed E-state index contributed by atoms with van der Waals surface area (Å²) in [6, 6.07) is 0. The molecule has 0 aliphatic carbocycles. The van der Waals surface area contributed by atoms with Crippen molar-refractivity contribution in [3.63, 3.8) is 0 Å². The van der Waals surface area contributed by atoms with E-state index in [-0.39, 0.29) is 0 Å². The Balaban J connectivity index is 2.76. The quantitative estimate of drug-likeness (QED) is 0.694. The summed E-state index contributed by atoms with van der Waals surface area (Å²) in [5.74, 6) is 0. The van der Waals surface area contributed by atoms with Gasteiger partial charge in [0.15, 0.2) is 0 Å². The molecule has 0 N–H and O–H groups in total. The second kappa shape index (κ2) is 5.49. The lowest BCUT2D eigenvalue weighted by Gasteiger charge is -2.06. The summed E-state index contributed by atoms with van der Waals surface area (Å²) in [5, 5.41) is 0. The summed E-state index contributed by atoms with van der Waals surface area (Å²) >= 11 is 0. The first-order chi connectivity index (χ1) is 7.21. The van der Waals surface area contributed by atoms with E-state index in [0.29, 0.717) is 0 Å². The number of hydrogen-bond donors (Lipinski definition) is 0. The Morgan fingerprint density at radius 2 is 2.33 bits per heavy atom. The van der Waals surface area contributed by atoms with Crippen LogP contribution in [0.3, 0.4) is 0 Å². The van der Waals surface area contributed by atoms with Gasteiger partial charge in [0.1, 0.15) is 0 Å². The van der Waals surface area contributed by atoms with Crippen LogP contribution in [0.5, 0.6) is 0 Å². The molecule has 3 heteroatoms. The molecule has 0 radical (unpaired) electrons. The molecule has 0 saturated carbocycles. The molecule has 0 amide bonds. The van der Waals surface area contributed by atoms with Crippen LogP contribution in [-0.2, 0) is 13.0 Å². The number of aryl methyl sites for hydroxylation is 1. The van der Waals surface area contributed by atoms with Crippen LogP contribution in [0, 0.1) is 0 Å². The summed E-state index contributed by atoms with van der Waals surface area (Å²) in [5.41, 5.74) is 3.47. The predicted molar refractivity (Wildman–Crippen MR) is 64.4 cm³/mol. The van der Waals surface area contributed by atoms with Gasteiger partial charge in [-0.25, -0.2) is 4.98 Å². The van der Waals surface area contributed by atoms with E-state index >= 15 is 0 Å². The molecule has 0 unspecified atom stereocenters. The number of rotatable bonds is 4. The molecule has 0 aliphatic rings. The molecule has 3 nitrogen and oxygen atoms in total. The van der Waals surface area contributed by atoms with Crippen LogP contribution in [0.1, 0.15) is 26.5 Å². The van der Waals surface area contributed by atoms with E-state index in [1.165, 1.54) is 5.57 Å². The van der Waals surface area contributed by atoms with Crippen LogP contribution in [0.25, 0.3) is 0 Å². The Morgan fingerprint density at radius 1 is 1.60 bits per heavy atom. The van der Waals surface area contributed by atoms with Gasteiger partial charge < -0.3 is 4.57 Å². The van der Waals surface area contributed by atoms with E-state index < -0.39 is 0 Å². The van der Waals surface area contributed by atoms with E-state index in [9.17, 15) is 0 Å². The van der Waals surface area contributed by atoms with Gasteiger partial charge in [0, 0.05) is 25.5 Å². The number of aliphatic imine (C=N–C) groups is 1. The van der Waals surface area contributed by atoms with Crippen molar-refractivity contribution in [2.45, 2.75) is 33.7 Å². The number of hydrogen-bond acceptors (Lipinski definition) is 2. The molecule has 0 spiro atoms. The molecule has 0 fully saturated rings. The topological polar surface area (TPSA) is 30.2 Å². The molecule has 0 bridgehead atoms. The maximum Gasteiger partial charge on any atom is 0.0952 e. The lowest BCUT2D eigenvalue weighted by molar-refractivity contribution is 0.800. The second-order valence-corrected chi connectivity index (χ2v) is 3.51. The highest BCUT2D eigenvalue weighted by molar-refractivity contribution is 5.97. The summed E-state index contributed by atoms with van der Waals surface area (Å²) in [6.45, 7) is 7.04. The fraction of sp³-hybridized carbons (Fsp3) is 0.500. The Kier molecular flexibility index (Phi) is 4.28. The van der Waals surface area contributed by atoms with Crippen molar-refractivity contribution in [1.29, 1.82) is 0 Å². The number of imidazole rings is 1. The number of aromatic nitrogens is 2. The van der Waals surface area contributed by atoms with Gasteiger partial charge in [-0.15, -0.1) is 0 Å². The molecule has 1 aromatic rings. The van der Waals surface area contributed by atoms with Crippen molar-refractivity contribution in [3.8, 4) is 0 Å². The molecule has 0 saturated heterocycles. The molecule has 1 aromatic heterocycles. The molecule has 0 atom stereocenters. The maximum atomic E-state index is 4.30. The molecular formula is C12H19N3. The van der Waals surface area contributed by atoms with Crippen molar-refractivity contribution < 1.29 is 0 Å². The van der Waals surface area contributed by atoms with Crippen LogP contribution in [0.4, 0.5) is 0 Å². The third-order valence-corrected chi connectivity index (χ3v) is 2.55. The molecule has 15 heavy (non-hydrogen) atoms. The van der Waals surface area contributed by atoms with Gasteiger partial charge in [-0.3, -0.25) is 4.99 Å². The first-order valence-corrected chi connectivity index (χ1v) is 5.30. The molecule has 0 aliphatic heterocycles. The van der Waals surface area contributed by atoms with Crippen LogP contribution < -0.4 is 0 Å². The van der Waals surface area contributed by atoms with Gasteiger partial charge in [0.05, 0.1) is 12.0 Å². The van der Waals surface area contributed by atoms with Crippen molar-refractivity contribution in [2.75, 3.05) is 7.05 Å². The van der Waals surface area contributed by atoms with Crippen LogP contribution >= 0.6 is 0 Å². The zero-order valence-electron chi connectivity index (χ0n) is 9.99. The van der Waals surface area contributed by atoms with E-state index in [1.54, 1.807) is 0 Å². The fourth-order valence-corrected chi connectivity index (χ4v) is 1.43. The highest BCUT2D eigenvalue weighted by atomic mass is 15.0. The molecule has 82 valence electrons. The summed E-state index contributed by atoms with van der Waals surface area (Å²) in [4.78, 5) is 8.50. The maximum absolute atomic E-state index is 4.30. The van der Waals surface area contributed by atoms with Crippen LogP contribution in [0.2, 0.25) is 0 Å². The van der Waals surface area contributed by atoms with Gasteiger partial charge in [-0.1, -0.05) is 13.0 Å². The van der Waals surface area contributed by atoms with Crippen LogP contribution in [0.15, 0.2) is 29.2 Å². The molecule has 1 rings (SSSR count). The van der Waals surface area contributed by atoms with Gasteiger partial charge in [-0.05, 0) is 25.8 Å². The van der Waals surface area contributed by atoms with Gasteiger partial charge in [-0.2, -0.15) is 0 Å². The Hall–Kier alpha value is -1.38. The van der Waals surface area contributed by atoms with E-state index in [1.807, 2.05) is 27.2 Å². The molecular weight excluding hydrogens is 186 g/mol. The lowest BCUT2D eigenvalue weighted by atomic mass is 10.1. The standard InChI is InChI=1S/C12H19N3/c1-5-11(10(3)13-4)7-15-8-12(6-2)14-9-15/h5,8-9H,6-7H2,1-4H3/b11-5-,13-10?. The van der Waals surface area contributed by atoms with Gasteiger partial charge in [0.25, 0.3) is 0 Å².